The fourth-order valence-electron chi connectivity index (χ4n) is 3.01. The Kier molecular flexibility index (Phi) is 4.97. The molecule has 5 nitrogen and oxygen atoms in total. The monoisotopic (exact) mass is 369 g/mol. The summed E-state index contributed by atoms with van der Waals surface area (Å²) in [5.74, 6) is 0.954. The van der Waals surface area contributed by atoms with Crippen molar-refractivity contribution in [2.45, 2.75) is 13.3 Å². The van der Waals surface area contributed by atoms with Gasteiger partial charge in [-0.05, 0) is 41.8 Å². The number of hydrogen-bond donors (Lipinski definition) is 1. The molecule has 0 aliphatic carbocycles. The molecule has 1 heterocycles. The van der Waals surface area contributed by atoms with Gasteiger partial charge in [0.15, 0.2) is 5.82 Å². The highest BCUT2D eigenvalue weighted by Gasteiger charge is 2.12. The normalized spacial score (nSPS) is 10.6. The Hall–Kier alpha value is -3.73. The molecule has 0 saturated heterocycles. The van der Waals surface area contributed by atoms with E-state index in [2.05, 4.69) is 15.5 Å². The summed E-state index contributed by atoms with van der Waals surface area (Å²) in [5, 5.41) is 6.80. The highest BCUT2D eigenvalue weighted by molar-refractivity contribution is 6.04. The van der Waals surface area contributed by atoms with Crippen LogP contribution >= 0.6 is 0 Å². The Morgan fingerprint density at radius 1 is 0.893 bits per heavy atom. The van der Waals surface area contributed by atoms with Crippen molar-refractivity contribution in [3.05, 3.63) is 102 Å². The second-order valence-corrected chi connectivity index (χ2v) is 6.47. The summed E-state index contributed by atoms with van der Waals surface area (Å²) < 4.78 is 5.19. The van der Waals surface area contributed by atoms with Gasteiger partial charge in [-0.2, -0.15) is 4.98 Å². The van der Waals surface area contributed by atoms with Crippen LogP contribution in [0.2, 0.25) is 0 Å². The van der Waals surface area contributed by atoms with Crippen LogP contribution in [0.25, 0.3) is 11.1 Å². The van der Waals surface area contributed by atoms with E-state index in [0.29, 0.717) is 23.7 Å². The van der Waals surface area contributed by atoms with E-state index in [0.717, 1.165) is 22.4 Å². The fraction of sp³-hybridized carbons (Fsp3) is 0.0870. The van der Waals surface area contributed by atoms with Crippen molar-refractivity contribution < 1.29 is 9.32 Å². The van der Waals surface area contributed by atoms with Crippen LogP contribution in [-0.2, 0) is 6.42 Å². The molecule has 1 aromatic heterocycles. The van der Waals surface area contributed by atoms with Crippen LogP contribution < -0.4 is 5.32 Å². The number of benzene rings is 3. The van der Waals surface area contributed by atoms with E-state index in [1.54, 1.807) is 6.92 Å². The molecule has 0 fully saturated rings. The molecule has 0 saturated carbocycles. The quantitative estimate of drug-likeness (QED) is 0.544. The predicted octanol–water partition coefficient (Wildman–Crippen LogP) is 4.89. The minimum atomic E-state index is -0.159. The Morgan fingerprint density at radius 3 is 2.29 bits per heavy atom. The first-order valence-corrected chi connectivity index (χ1v) is 9.03. The van der Waals surface area contributed by atoms with Crippen LogP contribution in [0, 0.1) is 6.92 Å². The molecule has 4 rings (SSSR count). The summed E-state index contributed by atoms with van der Waals surface area (Å²) in [5.41, 5.74) is 4.44. The highest BCUT2D eigenvalue weighted by atomic mass is 16.5. The van der Waals surface area contributed by atoms with Crippen molar-refractivity contribution in [2.24, 2.45) is 0 Å². The minimum Gasteiger partial charge on any atom is -0.339 e. The van der Waals surface area contributed by atoms with Gasteiger partial charge in [-0.25, -0.2) is 0 Å². The first-order chi connectivity index (χ1) is 13.7. The number of nitrogens with one attached hydrogen (secondary N) is 1. The van der Waals surface area contributed by atoms with Crippen LogP contribution in [0.3, 0.4) is 0 Å². The van der Waals surface area contributed by atoms with Crippen molar-refractivity contribution >= 4 is 11.6 Å². The van der Waals surface area contributed by atoms with E-state index in [1.165, 1.54) is 0 Å². The molecule has 3 aromatic carbocycles. The van der Waals surface area contributed by atoms with Crippen LogP contribution in [-0.4, -0.2) is 16.0 Å². The smallest absolute Gasteiger partial charge is 0.255 e. The number of carbonyl (C=O) groups is 1. The molecule has 5 heteroatoms. The van der Waals surface area contributed by atoms with E-state index in [4.69, 9.17) is 4.52 Å². The van der Waals surface area contributed by atoms with Gasteiger partial charge in [-0.15, -0.1) is 0 Å². The van der Waals surface area contributed by atoms with Crippen LogP contribution in [0.5, 0.6) is 0 Å². The van der Waals surface area contributed by atoms with E-state index in [-0.39, 0.29) is 5.91 Å². The predicted molar refractivity (Wildman–Crippen MR) is 108 cm³/mol. The maximum absolute atomic E-state index is 12.7. The number of rotatable bonds is 5. The zero-order chi connectivity index (χ0) is 19.3. The SMILES string of the molecule is Cc1noc(Cc2ccccc2NC(=O)c2ccc(-c3ccccc3)cc2)n1. The second kappa shape index (κ2) is 7.88. The van der Waals surface area contributed by atoms with Gasteiger partial charge in [0.05, 0.1) is 6.42 Å². The first-order valence-electron chi connectivity index (χ1n) is 9.03. The fourth-order valence-corrected chi connectivity index (χ4v) is 3.01. The van der Waals surface area contributed by atoms with E-state index < -0.39 is 0 Å². The minimum absolute atomic E-state index is 0.159. The first kappa shape index (κ1) is 17.7. The largest absolute Gasteiger partial charge is 0.339 e. The van der Waals surface area contributed by atoms with Gasteiger partial charge in [-0.1, -0.05) is 65.8 Å². The van der Waals surface area contributed by atoms with Gasteiger partial charge in [-0.3, -0.25) is 4.79 Å². The summed E-state index contributed by atoms with van der Waals surface area (Å²) in [6.07, 6.45) is 0.463. The number of aryl methyl sites for hydroxylation is 1. The second-order valence-electron chi connectivity index (χ2n) is 6.47. The maximum Gasteiger partial charge on any atom is 0.255 e. The van der Waals surface area contributed by atoms with E-state index in [9.17, 15) is 4.79 Å². The standard InChI is InChI=1S/C23H19N3O2/c1-16-24-22(28-26-16)15-20-9-5-6-10-21(20)25-23(27)19-13-11-18(12-14-19)17-7-3-2-4-8-17/h2-14H,15H2,1H3,(H,25,27). The molecule has 0 aliphatic rings. The molecule has 138 valence electrons. The molecule has 0 bridgehead atoms. The van der Waals surface area contributed by atoms with Gasteiger partial charge >= 0.3 is 0 Å². The topological polar surface area (TPSA) is 68.0 Å². The summed E-state index contributed by atoms with van der Waals surface area (Å²) in [6, 6.07) is 25.3. The lowest BCUT2D eigenvalue weighted by Crippen LogP contribution is -2.13. The summed E-state index contributed by atoms with van der Waals surface area (Å²) in [6.45, 7) is 1.78. The third kappa shape index (κ3) is 3.99. The zero-order valence-corrected chi connectivity index (χ0v) is 15.4. The van der Waals surface area contributed by atoms with Crippen LogP contribution in [0.4, 0.5) is 5.69 Å². The highest BCUT2D eigenvalue weighted by Crippen LogP contribution is 2.22. The van der Waals surface area contributed by atoms with Crippen LogP contribution in [0.1, 0.15) is 27.6 Å². The lowest BCUT2D eigenvalue weighted by atomic mass is 10.0. The number of amides is 1. The number of anilines is 1. The molecule has 0 radical (unpaired) electrons. The van der Waals surface area contributed by atoms with Crippen molar-refractivity contribution in [3.63, 3.8) is 0 Å². The molecule has 0 unspecified atom stereocenters. The number of aromatic nitrogens is 2. The molecule has 28 heavy (non-hydrogen) atoms. The number of carbonyl (C=O) groups excluding carboxylic acids is 1. The van der Waals surface area contributed by atoms with Gasteiger partial charge in [0.2, 0.25) is 5.89 Å². The van der Waals surface area contributed by atoms with E-state index >= 15 is 0 Å². The van der Waals surface area contributed by atoms with Gasteiger partial charge < -0.3 is 9.84 Å². The van der Waals surface area contributed by atoms with Gasteiger partial charge in [0.1, 0.15) is 0 Å². The van der Waals surface area contributed by atoms with Crippen molar-refractivity contribution in [1.29, 1.82) is 0 Å². The van der Waals surface area contributed by atoms with Crippen molar-refractivity contribution in [3.8, 4) is 11.1 Å². The molecule has 0 aliphatic heterocycles. The molecular formula is C23H19N3O2. The molecule has 4 aromatic rings. The lowest BCUT2D eigenvalue weighted by molar-refractivity contribution is 0.102. The summed E-state index contributed by atoms with van der Waals surface area (Å²) >= 11 is 0. The van der Waals surface area contributed by atoms with Crippen molar-refractivity contribution in [2.75, 3.05) is 5.32 Å². The third-order valence-corrected chi connectivity index (χ3v) is 4.43. The molecule has 1 amide bonds. The maximum atomic E-state index is 12.7. The summed E-state index contributed by atoms with van der Waals surface area (Å²) in [7, 11) is 0. The summed E-state index contributed by atoms with van der Waals surface area (Å²) in [4.78, 5) is 16.9. The van der Waals surface area contributed by atoms with Gasteiger partial charge in [0, 0.05) is 11.3 Å². The Bertz CT molecular complexity index is 1090. The lowest BCUT2D eigenvalue weighted by Gasteiger charge is -2.10. The number of hydrogen-bond acceptors (Lipinski definition) is 4. The molecular weight excluding hydrogens is 350 g/mol. The molecule has 1 N–H and O–H groups in total. The Balaban J connectivity index is 1.51. The average molecular weight is 369 g/mol. The van der Waals surface area contributed by atoms with Crippen molar-refractivity contribution in [1.82, 2.24) is 10.1 Å². The number of para-hydroxylation sites is 1. The van der Waals surface area contributed by atoms with E-state index in [1.807, 2.05) is 78.9 Å². The third-order valence-electron chi connectivity index (χ3n) is 4.43. The Morgan fingerprint density at radius 2 is 1.57 bits per heavy atom. The molecule has 0 spiro atoms. The molecule has 0 atom stereocenters. The van der Waals surface area contributed by atoms with Crippen LogP contribution in [0.15, 0.2) is 83.4 Å². The average Bonchev–Trinajstić information content (AvgIpc) is 3.15. The Labute approximate surface area is 163 Å². The van der Waals surface area contributed by atoms with Gasteiger partial charge in [0.25, 0.3) is 5.91 Å². The zero-order valence-electron chi connectivity index (χ0n) is 15.4. The number of nitrogens with zero attached hydrogens (tertiary/aromatic N) is 2.